The smallest absolute Gasteiger partial charge is 0.274 e. The summed E-state index contributed by atoms with van der Waals surface area (Å²) in [4.78, 5) is 26.9. The van der Waals surface area contributed by atoms with Crippen molar-refractivity contribution in [1.29, 1.82) is 0 Å². The molecule has 2 fully saturated rings. The Labute approximate surface area is 220 Å². The van der Waals surface area contributed by atoms with Gasteiger partial charge in [0.2, 0.25) is 5.95 Å². The first-order chi connectivity index (χ1) is 18.4. The molecule has 0 amide bonds. The molecule has 1 atom stereocenters. The van der Waals surface area contributed by atoms with E-state index in [0.29, 0.717) is 30.5 Å². The number of fused-ring (bicyclic) bond motifs is 2. The number of benzene rings is 2. The van der Waals surface area contributed by atoms with Crippen LogP contribution in [0.1, 0.15) is 11.1 Å². The van der Waals surface area contributed by atoms with E-state index in [1.165, 1.54) is 0 Å². The third-order valence-electron chi connectivity index (χ3n) is 7.64. The minimum Gasteiger partial charge on any atom is -0.508 e. The first-order valence-corrected chi connectivity index (χ1v) is 12.7. The number of phenols is 1. The van der Waals surface area contributed by atoms with Crippen LogP contribution in [0.5, 0.6) is 5.75 Å². The number of hydrogen-bond donors (Lipinski definition) is 2. The maximum atomic E-state index is 13.0. The topological polar surface area (TPSA) is 101 Å². The minimum atomic E-state index is -0.0925. The maximum Gasteiger partial charge on any atom is 0.274 e. The number of aromatic nitrogens is 4. The number of nitrogens with one attached hydrogen (secondary N) is 1. The molecule has 2 aliphatic heterocycles. The third-order valence-corrected chi connectivity index (χ3v) is 7.64. The number of piperazine rings is 1. The van der Waals surface area contributed by atoms with Crippen LogP contribution in [0.3, 0.4) is 0 Å². The van der Waals surface area contributed by atoms with Crippen LogP contribution < -0.4 is 15.8 Å². The summed E-state index contributed by atoms with van der Waals surface area (Å²) in [5.41, 5.74) is 4.07. The van der Waals surface area contributed by atoms with Gasteiger partial charge in [0.05, 0.1) is 35.9 Å². The fourth-order valence-electron chi connectivity index (χ4n) is 5.52. The molecular formula is C28H31N7O3. The molecular weight excluding hydrogens is 482 g/mol. The van der Waals surface area contributed by atoms with Gasteiger partial charge in [-0.2, -0.15) is 0 Å². The standard InChI is InChI=1S/C28H31N7O3/c1-18-29-14-22-15-33(9-10-34(18)22)28-30-12-21(13-31-28)19-7-8-23-25(11-19)35(32(2)27(23)37)16-24-20(17-38-3)5-4-6-26(24)36/h4-8,11-13,22,29,36H,1,9-10,14-17H2,2-3H3/t22-/m1/s1. The highest BCUT2D eigenvalue weighted by molar-refractivity contribution is 5.84. The lowest BCUT2D eigenvalue weighted by atomic mass is 10.1. The van der Waals surface area contributed by atoms with Gasteiger partial charge in [-0.3, -0.25) is 14.2 Å². The zero-order chi connectivity index (χ0) is 26.4. The van der Waals surface area contributed by atoms with Crippen molar-refractivity contribution in [2.24, 2.45) is 7.05 Å². The van der Waals surface area contributed by atoms with Gasteiger partial charge in [0.25, 0.3) is 5.56 Å². The van der Waals surface area contributed by atoms with Gasteiger partial charge in [0.15, 0.2) is 0 Å². The summed E-state index contributed by atoms with van der Waals surface area (Å²) >= 11 is 0. The lowest BCUT2D eigenvalue weighted by Gasteiger charge is -2.37. The first-order valence-electron chi connectivity index (χ1n) is 12.7. The quantitative estimate of drug-likeness (QED) is 0.405. The maximum absolute atomic E-state index is 13.0. The number of aromatic hydroxyl groups is 1. The monoisotopic (exact) mass is 513 g/mol. The Bertz CT molecular complexity index is 1570. The minimum absolute atomic E-state index is 0.0925. The molecule has 10 heteroatoms. The summed E-state index contributed by atoms with van der Waals surface area (Å²) in [6, 6.07) is 11.5. The van der Waals surface area contributed by atoms with Crippen LogP contribution in [0.2, 0.25) is 0 Å². The molecule has 2 N–H and O–H groups in total. The number of hydrogen-bond acceptors (Lipinski definition) is 8. The molecule has 2 aliphatic rings. The molecule has 0 unspecified atom stereocenters. The van der Waals surface area contributed by atoms with E-state index in [4.69, 9.17) is 4.74 Å². The van der Waals surface area contributed by atoms with Crippen molar-refractivity contribution < 1.29 is 9.84 Å². The normalized spacial score (nSPS) is 17.2. The largest absolute Gasteiger partial charge is 0.508 e. The highest BCUT2D eigenvalue weighted by Crippen LogP contribution is 2.28. The van der Waals surface area contributed by atoms with Crippen molar-refractivity contribution in [3.05, 3.63) is 82.7 Å². The van der Waals surface area contributed by atoms with E-state index in [1.807, 2.05) is 41.3 Å². The third kappa shape index (κ3) is 4.06. The van der Waals surface area contributed by atoms with Crippen LogP contribution >= 0.6 is 0 Å². The second-order valence-electron chi connectivity index (χ2n) is 9.86. The Balaban J connectivity index is 1.31. The summed E-state index contributed by atoms with van der Waals surface area (Å²) in [5.74, 6) is 1.89. The molecule has 4 heterocycles. The Morgan fingerprint density at radius 3 is 2.76 bits per heavy atom. The van der Waals surface area contributed by atoms with E-state index in [9.17, 15) is 9.90 Å². The molecule has 38 heavy (non-hydrogen) atoms. The Kier molecular flexibility index (Phi) is 6.03. The summed E-state index contributed by atoms with van der Waals surface area (Å²) < 4.78 is 8.79. The van der Waals surface area contributed by atoms with Gasteiger partial charge in [-0.25, -0.2) is 9.97 Å². The average Bonchev–Trinajstić information content (AvgIpc) is 3.42. The lowest BCUT2D eigenvalue weighted by molar-refractivity contribution is 0.183. The number of ether oxygens (including phenoxy) is 1. The molecule has 2 saturated heterocycles. The summed E-state index contributed by atoms with van der Waals surface area (Å²) in [6.07, 6.45) is 3.68. The molecule has 0 spiro atoms. The zero-order valence-electron chi connectivity index (χ0n) is 21.6. The molecule has 0 radical (unpaired) electrons. The number of rotatable bonds is 6. The van der Waals surface area contributed by atoms with Gasteiger partial charge in [0, 0.05) is 63.9 Å². The molecule has 2 aromatic carbocycles. The van der Waals surface area contributed by atoms with Crippen molar-refractivity contribution in [3.8, 4) is 16.9 Å². The van der Waals surface area contributed by atoms with Crippen molar-refractivity contribution >= 4 is 16.9 Å². The fourth-order valence-corrected chi connectivity index (χ4v) is 5.52. The van der Waals surface area contributed by atoms with Crippen LogP contribution in [0.4, 0.5) is 5.95 Å². The van der Waals surface area contributed by atoms with Crippen LogP contribution in [0.15, 0.2) is 66.0 Å². The summed E-state index contributed by atoms with van der Waals surface area (Å²) in [6.45, 7) is 8.26. The Morgan fingerprint density at radius 2 is 1.97 bits per heavy atom. The zero-order valence-corrected chi connectivity index (χ0v) is 21.6. The molecule has 0 bridgehead atoms. The fraction of sp³-hybridized carbons (Fsp3) is 0.321. The van der Waals surface area contributed by atoms with Crippen molar-refractivity contribution in [2.45, 2.75) is 19.2 Å². The van der Waals surface area contributed by atoms with Crippen LogP contribution in [-0.4, -0.2) is 68.7 Å². The van der Waals surface area contributed by atoms with E-state index in [2.05, 4.69) is 31.7 Å². The predicted molar refractivity (Wildman–Crippen MR) is 146 cm³/mol. The molecule has 2 aromatic heterocycles. The van der Waals surface area contributed by atoms with Gasteiger partial charge in [0.1, 0.15) is 5.75 Å². The number of methoxy groups -OCH3 is 1. The number of phenolic OH excluding ortho intramolecular Hbond substituents is 1. The molecule has 4 aromatic rings. The van der Waals surface area contributed by atoms with E-state index in [-0.39, 0.29) is 11.3 Å². The SMILES string of the molecule is C=C1NC[C@@H]2CN(c3ncc(-c4ccc5c(=O)n(C)n(Cc6c(O)cccc6COC)c5c4)cn3)CCN12. The van der Waals surface area contributed by atoms with E-state index >= 15 is 0 Å². The lowest BCUT2D eigenvalue weighted by Crippen LogP contribution is -2.51. The predicted octanol–water partition coefficient (Wildman–Crippen LogP) is 2.26. The van der Waals surface area contributed by atoms with Gasteiger partial charge >= 0.3 is 0 Å². The van der Waals surface area contributed by atoms with E-state index < -0.39 is 0 Å². The highest BCUT2D eigenvalue weighted by Gasteiger charge is 2.33. The van der Waals surface area contributed by atoms with Crippen LogP contribution in [0.25, 0.3) is 22.0 Å². The Morgan fingerprint density at radius 1 is 1.16 bits per heavy atom. The second kappa shape index (κ2) is 9.53. The molecule has 6 rings (SSSR count). The molecule has 196 valence electrons. The first kappa shape index (κ1) is 24.1. The van der Waals surface area contributed by atoms with E-state index in [1.54, 1.807) is 31.0 Å². The van der Waals surface area contributed by atoms with Gasteiger partial charge in [-0.15, -0.1) is 0 Å². The van der Waals surface area contributed by atoms with Crippen molar-refractivity contribution in [2.75, 3.05) is 38.2 Å². The number of anilines is 1. The number of nitrogens with zero attached hydrogens (tertiary/aromatic N) is 6. The summed E-state index contributed by atoms with van der Waals surface area (Å²) in [5, 5.41) is 14.5. The highest BCUT2D eigenvalue weighted by atomic mass is 16.5. The second-order valence-corrected chi connectivity index (χ2v) is 9.86. The molecule has 0 saturated carbocycles. The molecule has 10 nitrogen and oxygen atoms in total. The van der Waals surface area contributed by atoms with Gasteiger partial charge in [-0.05, 0) is 29.3 Å². The molecule has 0 aliphatic carbocycles. The Hall–Kier alpha value is -4.31. The van der Waals surface area contributed by atoms with Crippen LogP contribution in [-0.2, 0) is 24.9 Å². The van der Waals surface area contributed by atoms with Gasteiger partial charge < -0.3 is 25.0 Å². The van der Waals surface area contributed by atoms with Crippen molar-refractivity contribution in [1.82, 2.24) is 29.5 Å². The van der Waals surface area contributed by atoms with Gasteiger partial charge in [-0.1, -0.05) is 24.8 Å². The van der Waals surface area contributed by atoms with Crippen LogP contribution in [0, 0.1) is 0 Å². The summed E-state index contributed by atoms with van der Waals surface area (Å²) in [7, 11) is 3.36. The van der Waals surface area contributed by atoms with Crippen molar-refractivity contribution in [3.63, 3.8) is 0 Å². The van der Waals surface area contributed by atoms with E-state index in [0.717, 1.165) is 59.8 Å². The average molecular weight is 514 g/mol.